The van der Waals surface area contributed by atoms with Crippen molar-refractivity contribution in [1.82, 2.24) is 0 Å². The Morgan fingerprint density at radius 3 is 1.82 bits per heavy atom. The smallest absolute Gasteiger partial charge is 0.373 e. The second-order valence-corrected chi connectivity index (χ2v) is 9.36. The van der Waals surface area contributed by atoms with Crippen LogP contribution >= 0.6 is 0 Å². The predicted octanol–water partition coefficient (Wildman–Crippen LogP) is 6.67. The first kappa shape index (κ1) is 35.9. The number of carbonyl (C=O) groups excluding carboxylic acids is 4. The quantitative estimate of drug-likeness (QED) is 0.0359. The summed E-state index contributed by atoms with van der Waals surface area (Å²) >= 11 is 0. The minimum absolute atomic E-state index is 0.00623. The van der Waals surface area contributed by atoms with Gasteiger partial charge in [-0.25, -0.2) is 9.59 Å². The molecular weight excluding hydrogens is 580 g/mol. The van der Waals surface area contributed by atoms with Gasteiger partial charge in [0.15, 0.2) is 0 Å². The van der Waals surface area contributed by atoms with Crippen LogP contribution < -0.4 is 23.7 Å². The van der Waals surface area contributed by atoms with E-state index in [9.17, 15) is 9.59 Å². The van der Waals surface area contributed by atoms with Crippen molar-refractivity contribution >= 4 is 18.1 Å². The van der Waals surface area contributed by atoms with Crippen LogP contribution in [0.15, 0.2) is 92.0 Å². The Morgan fingerprint density at radius 1 is 0.711 bits per heavy atom. The Labute approximate surface area is 263 Å². The van der Waals surface area contributed by atoms with Gasteiger partial charge < -0.3 is 28.4 Å². The maximum atomic E-state index is 12.6. The number of unbranched alkanes of at least 4 members (excludes halogenated alkanes) is 3. The minimum Gasteiger partial charge on any atom is -0.494 e. The van der Waals surface area contributed by atoms with E-state index in [4.69, 9.17) is 38.0 Å². The summed E-state index contributed by atoms with van der Waals surface area (Å²) in [4.78, 5) is 39.8. The number of rotatable bonds is 19. The van der Waals surface area contributed by atoms with Crippen LogP contribution in [-0.2, 0) is 19.1 Å². The molecule has 0 heterocycles. The molecule has 0 unspecified atom stereocenters. The van der Waals surface area contributed by atoms with E-state index in [0.29, 0.717) is 60.6 Å². The first-order valence-corrected chi connectivity index (χ1v) is 14.3. The molecular formula is C35H38O10. The van der Waals surface area contributed by atoms with E-state index >= 15 is 0 Å². The lowest BCUT2D eigenvalue weighted by Crippen LogP contribution is -2.09. The third-order valence-electron chi connectivity index (χ3n) is 6.00. The maximum Gasteiger partial charge on any atom is 0.373 e. The maximum absolute atomic E-state index is 12.6. The number of allylic oxidation sites excluding steroid dienone is 1. The zero-order valence-corrected chi connectivity index (χ0v) is 25.4. The number of hydrogen-bond donors (Lipinski definition) is 0. The van der Waals surface area contributed by atoms with Crippen LogP contribution in [0, 0.1) is 6.92 Å². The summed E-state index contributed by atoms with van der Waals surface area (Å²) in [6.07, 6.45) is 7.72. The lowest BCUT2D eigenvalue weighted by molar-refractivity contribution is -0.191. The Kier molecular flexibility index (Phi) is 17.0. The highest BCUT2D eigenvalue weighted by Crippen LogP contribution is 2.25. The van der Waals surface area contributed by atoms with E-state index < -0.39 is 11.9 Å². The molecule has 238 valence electrons. The second-order valence-electron chi connectivity index (χ2n) is 9.36. The lowest BCUT2D eigenvalue weighted by atomic mass is 10.2. The van der Waals surface area contributed by atoms with Gasteiger partial charge >= 0.3 is 18.1 Å². The van der Waals surface area contributed by atoms with Crippen molar-refractivity contribution in [2.24, 2.45) is 0 Å². The van der Waals surface area contributed by atoms with Crippen LogP contribution in [0.2, 0.25) is 0 Å². The minimum atomic E-state index is -0.453. The number of esters is 2. The highest BCUT2D eigenvalue weighted by molar-refractivity contribution is 5.91. The van der Waals surface area contributed by atoms with Crippen molar-refractivity contribution in [2.75, 3.05) is 26.6 Å². The van der Waals surface area contributed by atoms with Gasteiger partial charge in [0.2, 0.25) is 6.79 Å². The van der Waals surface area contributed by atoms with Crippen molar-refractivity contribution in [2.45, 2.75) is 39.0 Å². The fraction of sp³-hybridized carbons (Fsp3) is 0.286. The van der Waals surface area contributed by atoms with Crippen molar-refractivity contribution in [3.63, 3.8) is 0 Å². The summed E-state index contributed by atoms with van der Waals surface area (Å²) in [5.41, 5.74) is 1.23. The van der Waals surface area contributed by atoms with Gasteiger partial charge in [0.25, 0.3) is 0 Å². The largest absolute Gasteiger partial charge is 0.494 e. The molecule has 0 N–H and O–H groups in total. The van der Waals surface area contributed by atoms with Gasteiger partial charge in [-0.3, -0.25) is 0 Å². The second kappa shape index (κ2) is 21.4. The summed E-state index contributed by atoms with van der Waals surface area (Å²) in [6, 6.07) is 19.3. The number of hydrogen-bond acceptors (Lipinski definition) is 10. The average molecular weight is 619 g/mol. The standard InChI is InChI=1S/C34H38O8.CO2/c1-4-6-7-8-21-37-28-13-11-27(12-14-28)34(36)42-31-19-20-32(26(3)24-31)41-25-40-30-17-15-29(16-18-30)38-22-9-10-23-39-33(35)5-2;2-1-3/h4-5,11-20,24H,1-2,6-10,21-23,25H2,3H3;. The Hall–Kier alpha value is -5.34. The lowest BCUT2D eigenvalue weighted by Gasteiger charge is -2.12. The molecule has 10 nitrogen and oxygen atoms in total. The van der Waals surface area contributed by atoms with Gasteiger partial charge in [0.1, 0.15) is 28.7 Å². The Balaban J connectivity index is 0.00000226. The van der Waals surface area contributed by atoms with Crippen molar-refractivity contribution < 1.29 is 47.6 Å². The van der Waals surface area contributed by atoms with Crippen molar-refractivity contribution in [3.8, 4) is 28.7 Å². The molecule has 0 aliphatic carbocycles. The SMILES string of the molecule is C=CCCCCOc1ccc(C(=O)Oc2ccc(OCOc3ccc(OCCCCOC(=O)C=C)cc3)c(C)c2)cc1.O=C=O. The molecule has 0 fully saturated rings. The molecule has 0 amide bonds. The van der Waals surface area contributed by atoms with Gasteiger partial charge in [-0.1, -0.05) is 12.7 Å². The van der Waals surface area contributed by atoms with Crippen LogP contribution in [-0.4, -0.2) is 44.7 Å². The Bertz CT molecular complexity index is 1370. The molecule has 0 aliphatic rings. The van der Waals surface area contributed by atoms with E-state index in [1.54, 1.807) is 54.6 Å². The molecule has 0 saturated carbocycles. The van der Waals surface area contributed by atoms with Crippen LogP contribution in [0.4, 0.5) is 0 Å². The zero-order chi connectivity index (χ0) is 32.7. The molecule has 0 atom stereocenters. The number of benzene rings is 3. The fourth-order valence-electron chi connectivity index (χ4n) is 3.70. The summed E-state index contributed by atoms with van der Waals surface area (Å²) in [6.45, 7) is 10.4. The third kappa shape index (κ3) is 14.6. The summed E-state index contributed by atoms with van der Waals surface area (Å²) in [7, 11) is 0. The van der Waals surface area contributed by atoms with Gasteiger partial charge in [-0.15, -0.1) is 6.58 Å². The van der Waals surface area contributed by atoms with E-state index in [-0.39, 0.29) is 12.9 Å². The predicted molar refractivity (Wildman–Crippen MR) is 166 cm³/mol. The first-order valence-electron chi connectivity index (χ1n) is 14.3. The van der Waals surface area contributed by atoms with Crippen LogP contribution in [0.1, 0.15) is 48.0 Å². The van der Waals surface area contributed by atoms with E-state index in [1.807, 2.05) is 25.1 Å². The first-order chi connectivity index (χ1) is 21.9. The molecule has 3 rings (SSSR count). The van der Waals surface area contributed by atoms with Gasteiger partial charge in [-0.2, -0.15) is 9.59 Å². The highest BCUT2D eigenvalue weighted by atomic mass is 16.7. The molecule has 3 aromatic carbocycles. The van der Waals surface area contributed by atoms with Crippen LogP contribution in [0.3, 0.4) is 0 Å². The molecule has 45 heavy (non-hydrogen) atoms. The Morgan fingerprint density at radius 2 is 1.24 bits per heavy atom. The summed E-state index contributed by atoms with van der Waals surface area (Å²) in [5.74, 6) is 2.22. The molecule has 0 aliphatic heterocycles. The van der Waals surface area contributed by atoms with Crippen molar-refractivity contribution in [1.29, 1.82) is 0 Å². The molecule has 0 radical (unpaired) electrons. The van der Waals surface area contributed by atoms with Crippen molar-refractivity contribution in [3.05, 3.63) is 103 Å². The van der Waals surface area contributed by atoms with Gasteiger partial charge in [-0.05, 0) is 111 Å². The average Bonchev–Trinajstić information content (AvgIpc) is 3.04. The molecule has 10 heteroatoms. The normalized spacial score (nSPS) is 9.80. The van der Waals surface area contributed by atoms with Gasteiger partial charge in [0.05, 0.1) is 25.4 Å². The molecule has 0 saturated heterocycles. The molecule has 0 bridgehead atoms. The summed E-state index contributed by atoms with van der Waals surface area (Å²) < 4.78 is 33.3. The molecule has 3 aromatic rings. The molecule has 0 aromatic heterocycles. The summed E-state index contributed by atoms with van der Waals surface area (Å²) in [5, 5.41) is 0. The third-order valence-corrected chi connectivity index (χ3v) is 6.00. The number of ether oxygens (including phenoxy) is 6. The number of carbonyl (C=O) groups is 2. The van der Waals surface area contributed by atoms with E-state index in [1.165, 1.54) is 0 Å². The van der Waals surface area contributed by atoms with E-state index in [2.05, 4.69) is 13.2 Å². The van der Waals surface area contributed by atoms with Crippen LogP contribution in [0.5, 0.6) is 28.7 Å². The van der Waals surface area contributed by atoms with Crippen LogP contribution in [0.25, 0.3) is 0 Å². The number of aryl methyl sites for hydroxylation is 1. The molecule has 0 spiro atoms. The monoisotopic (exact) mass is 618 g/mol. The highest BCUT2D eigenvalue weighted by Gasteiger charge is 2.11. The topological polar surface area (TPSA) is 124 Å². The zero-order valence-electron chi connectivity index (χ0n) is 25.4. The fourth-order valence-corrected chi connectivity index (χ4v) is 3.70. The van der Waals surface area contributed by atoms with E-state index in [0.717, 1.165) is 37.3 Å². The van der Waals surface area contributed by atoms with Gasteiger partial charge in [0, 0.05) is 6.08 Å².